The van der Waals surface area contributed by atoms with Crippen LogP contribution >= 0.6 is 23.2 Å². The molecule has 1 amide bonds. The van der Waals surface area contributed by atoms with Gasteiger partial charge in [0.1, 0.15) is 11.3 Å². The number of nitrogens with one attached hydrogen (secondary N) is 1. The van der Waals surface area contributed by atoms with Gasteiger partial charge in [0, 0.05) is 22.6 Å². The standard InChI is InChI=1S/C23H16Cl2F5N3O3/c24-13-4-5-16(17(25)9-13)22(26,27)11-31-20(34)19-15-10-35-7-6-18(15)32-33-21(19)36-14-3-1-2-12(8-14)23(28,29)30/h1-5,8-9H,6-7,10-11H2,(H,31,34). The smallest absolute Gasteiger partial charge is 0.416 e. The second-order valence-electron chi connectivity index (χ2n) is 7.75. The molecule has 0 spiro atoms. The molecule has 0 radical (unpaired) electrons. The molecule has 0 saturated heterocycles. The van der Waals surface area contributed by atoms with E-state index in [4.69, 9.17) is 32.7 Å². The lowest BCUT2D eigenvalue weighted by Gasteiger charge is -2.22. The van der Waals surface area contributed by atoms with Gasteiger partial charge in [0.25, 0.3) is 17.7 Å². The molecule has 13 heteroatoms. The summed E-state index contributed by atoms with van der Waals surface area (Å²) in [4.78, 5) is 13.1. The molecular formula is C23H16Cl2F5N3O3. The second-order valence-corrected chi connectivity index (χ2v) is 8.59. The number of aromatic nitrogens is 2. The Balaban J connectivity index is 1.64. The van der Waals surface area contributed by atoms with Crippen molar-refractivity contribution in [2.75, 3.05) is 13.2 Å². The van der Waals surface area contributed by atoms with E-state index in [1.165, 1.54) is 12.1 Å². The first-order chi connectivity index (χ1) is 17.0. The molecule has 4 rings (SSSR count). The van der Waals surface area contributed by atoms with Gasteiger partial charge in [-0.2, -0.15) is 27.1 Å². The van der Waals surface area contributed by atoms with Gasteiger partial charge in [-0.25, -0.2) is 0 Å². The quantitative estimate of drug-likeness (QED) is 0.372. The summed E-state index contributed by atoms with van der Waals surface area (Å²) in [5.74, 6) is -5.30. The molecule has 1 N–H and O–H groups in total. The second kappa shape index (κ2) is 10.2. The van der Waals surface area contributed by atoms with Gasteiger partial charge in [0.2, 0.25) is 0 Å². The van der Waals surface area contributed by atoms with Gasteiger partial charge in [-0.1, -0.05) is 29.3 Å². The number of hydrogen-bond donors (Lipinski definition) is 1. The predicted molar refractivity (Wildman–Crippen MR) is 120 cm³/mol. The van der Waals surface area contributed by atoms with Gasteiger partial charge >= 0.3 is 6.18 Å². The third-order valence-corrected chi connectivity index (χ3v) is 5.80. The molecule has 2 heterocycles. The summed E-state index contributed by atoms with van der Waals surface area (Å²) in [7, 11) is 0. The summed E-state index contributed by atoms with van der Waals surface area (Å²) in [5, 5.41) is 9.81. The van der Waals surface area contributed by atoms with E-state index in [0.29, 0.717) is 18.7 Å². The molecule has 1 aromatic heterocycles. The van der Waals surface area contributed by atoms with E-state index in [9.17, 15) is 26.7 Å². The number of halogens is 7. The largest absolute Gasteiger partial charge is 0.437 e. The fourth-order valence-electron chi connectivity index (χ4n) is 3.50. The van der Waals surface area contributed by atoms with Crippen LogP contribution in [0.15, 0.2) is 42.5 Å². The molecule has 36 heavy (non-hydrogen) atoms. The summed E-state index contributed by atoms with van der Waals surface area (Å²) in [6, 6.07) is 7.33. The van der Waals surface area contributed by atoms with E-state index < -0.39 is 41.6 Å². The molecule has 1 aliphatic rings. The van der Waals surface area contributed by atoms with E-state index in [2.05, 4.69) is 15.5 Å². The molecule has 3 aromatic rings. The number of rotatable bonds is 6. The summed E-state index contributed by atoms with van der Waals surface area (Å²) < 4.78 is 79.8. The number of ether oxygens (including phenoxy) is 2. The number of fused-ring (bicyclic) bond motifs is 1. The van der Waals surface area contributed by atoms with Gasteiger partial charge in [0.05, 0.1) is 36.0 Å². The first-order valence-electron chi connectivity index (χ1n) is 10.4. The number of alkyl halides is 5. The number of hydrogen-bond acceptors (Lipinski definition) is 5. The van der Waals surface area contributed by atoms with E-state index in [1.54, 1.807) is 0 Å². The minimum Gasteiger partial charge on any atom is -0.437 e. The average molecular weight is 548 g/mol. The topological polar surface area (TPSA) is 73.3 Å². The first-order valence-corrected chi connectivity index (χ1v) is 11.1. The number of carbonyl (C=O) groups excluding carboxylic acids is 1. The monoisotopic (exact) mass is 547 g/mol. The maximum Gasteiger partial charge on any atom is 0.416 e. The van der Waals surface area contributed by atoms with Crippen LogP contribution in [0, 0.1) is 0 Å². The number of amides is 1. The van der Waals surface area contributed by atoms with E-state index >= 15 is 0 Å². The fourth-order valence-corrected chi connectivity index (χ4v) is 4.05. The zero-order chi connectivity index (χ0) is 26.1. The van der Waals surface area contributed by atoms with E-state index in [1.807, 2.05) is 0 Å². The van der Waals surface area contributed by atoms with Gasteiger partial charge in [-0.05, 0) is 36.4 Å². The van der Waals surface area contributed by atoms with Crippen LogP contribution in [0.4, 0.5) is 22.0 Å². The third-order valence-electron chi connectivity index (χ3n) is 5.25. The molecule has 0 unspecified atom stereocenters. The van der Waals surface area contributed by atoms with Crippen molar-refractivity contribution in [3.05, 3.63) is 80.5 Å². The SMILES string of the molecule is O=C(NCC(F)(F)c1ccc(Cl)cc1Cl)c1c(Oc2cccc(C(F)(F)F)c2)nnc2c1COCC2. The fraction of sp³-hybridized carbons (Fsp3) is 0.261. The molecule has 6 nitrogen and oxygen atoms in total. The molecular weight excluding hydrogens is 532 g/mol. The number of benzene rings is 2. The summed E-state index contributed by atoms with van der Waals surface area (Å²) >= 11 is 11.7. The summed E-state index contributed by atoms with van der Waals surface area (Å²) in [6.07, 6.45) is -4.34. The highest BCUT2D eigenvalue weighted by atomic mass is 35.5. The maximum atomic E-state index is 14.8. The minimum atomic E-state index is -4.64. The number of carbonyl (C=O) groups is 1. The minimum absolute atomic E-state index is 0.0913. The Kier molecular flexibility index (Phi) is 7.35. The predicted octanol–water partition coefficient (Wildman–Crippen LogP) is 6.19. The van der Waals surface area contributed by atoms with Crippen molar-refractivity contribution in [1.29, 1.82) is 0 Å². The van der Waals surface area contributed by atoms with Crippen LogP contribution in [0.5, 0.6) is 11.6 Å². The third kappa shape index (κ3) is 5.69. The maximum absolute atomic E-state index is 14.8. The summed E-state index contributed by atoms with van der Waals surface area (Å²) in [5.41, 5.74) is -1.18. The van der Waals surface area contributed by atoms with Crippen molar-refractivity contribution in [3.63, 3.8) is 0 Å². The van der Waals surface area contributed by atoms with Crippen LogP contribution in [-0.4, -0.2) is 29.3 Å². The van der Waals surface area contributed by atoms with Gasteiger partial charge in [-0.15, -0.1) is 5.10 Å². The van der Waals surface area contributed by atoms with E-state index in [-0.39, 0.29) is 33.5 Å². The Morgan fingerprint density at radius 1 is 1.08 bits per heavy atom. The van der Waals surface area contributed by atoms with Crippen molar-refractivity contribution in [1.82, 2.24) is 15.5 Å². The van der Waals surface area contributed by atoms with Crippen molar-refractivity contribution in [2.45, 2.75) is 25.1 Å². The zero-order valence-electron chi connectivity index (χ0n) is 18.1. The highest BCUT2D eigenvalue weighted by Gasteiger charge is 2.36. The van der Waals surface area contributed by atoms with E-state index in [0.717, 1.165) is 30.3 Å². The molecule has 0 fully saturated rings. The molecule has 0 aliphatic carbocycles. The molecule has 0 atom stereocenters. The van der Waals surface area contributed by atoms with Crippen LogP contribution in [-0.2, 0) is 29.9 Å². The van der Waals surface area contributed by atoms with Gasteiger partial charge in [0.15, 0.2) is 0 Å². The van der Waals surface area contributed by atoms with Crippen LogP contribution < -0.4 is 10.1 Å². The zero-order valence-corrected chi connectivity index (χ0v) is 19.6. The Morgan fingerprint density at radius 2 is 1.86 bits per heavy atom. The molecule has 0 bridgehead atoms. The first kappa shape index (κ1) is 26.1. The van der Waals surface area contributed by atoms with Crippen LogP contribution in [0.2, 0.25) is 10.0 Å². The Bertz CT molecular complexity index is 1300. The Labute approximate surface area is 211 Å². The Morgan fingerprint density at radius 3 is 2.58 bits per heavy atom. The average Bonchev–Trinajstić information content (AvgIpc) is 2.82. The lowest BCUT2D eigenvalue weighted by Crippen LogP contribution is -2.36. The summed E-state index contributed by atoms with van der Waals surface area (Å²) in [6.45, 7) is -0.941. The van der Waals surface area contributed by atoms with Crippen LogP contribution in [0.25, 0.3) is 0 Å². The molecule has 1 aliphatic heterocycles. The Hall–Kier alpha value is -3.02. The molecule has 190 valence electrons. The lowest BCUT2D eigenvalue weighted by molar-refractivity contribution is -0.137. The van der Waals surface area contributed by atoms with Crippen LogP contribution in [0.1, 0.15) is 32.7 Å². The molecule has 0 saturated carbocycles. The lowest BCUT2D eigenvalue weighted by atomic mass is 10.0. The van der Waals surface area contributed by atoms with Gasteiger partial charge < -0.3 is 14.8 Å². The molecule has 2 aromatic carbocycles. The normalized spacial score (nSPS) is 13.8. The van der Waals surface area contributed by atoms with Gasteiger partial charge in [-0.3, -0.25) is 4.79 Å². The highest BCUT2D eigenvalue weighted by Crippen LogP contribution is 2.36. The van der Waals surface area contributed by atoms with Crippen molar-refractivity contribution >= 4 is 29.1 Å². The van der Waals surface area contributed by atoms with Crippen molar-refractivity contribution in [3.8, 4) is 11.6 Å². The van der Waals surface area contributed by atoms with Crippen molar-refractivity contribution < 1.29 is 36.2 Å². The van der Waals surface area contributed by atoms with Crippen LogP contribution in [0.3, 0.4) is 0 Å². The number of nitrogens with zero attached hydrogens (tertiary/aromatic N) is 2. The van der Waals surface area contributed by atoms with Crippen molar-refractivity contribution in [2.24, 2.45) is 0 Å². The highest BCUT2D eigenvalue weighted by molar-refractivity contribution is 6.35.